The van der Waals surface area contributed by atoms with Crippen molar-refractivity contribution in [3.8, 4) is 0 Å². The first kappa shape index (κ1) is 17.5. The van der Waals surface area contributed by atoms with Gasteiger partial charge >= 0.3 is 0 Å². The zero-order chi connectivity index (χ0) is 16.3. The van der Waals surface area contributed by atoms with Gasteiger partial charge in [0.25, 0.3) is 0 Å². The summed E-state index contributed by atoms with van der Waals surface area (Å²) < 4.78 is 0.904. The van der Waals surface area contributed by atoms with Crippen molar-refractivity contribution >= 4 is 39.4 Å². The Morgan fingerprint density at radius 2 is 2.00 bits per heavy atom. The van der Waals surface area contributed by atoms with Crippen molar-refractivity contribution in [1.82, 2.24) is 14.9 Å². The van der Waals surface area contributed by atoms with E-state index in [9.17, 15) is 4.79 Å². The lowest BCUT2D eigenvalue weighted by molar-refractivity contribution is -0.139. The Kier molecular flexibility index (Phi) is 5.71. The van der Waals surface area contributed by atoms with E-state index in [1.54, 1.807) is 6.20 Å². The molecule has 1 aromatic heterocycles. The highest BCUT2D eigenvalue weighted by molar-refractivity contribution is 9.10. The lowest BCUT2D eigenvalue weighted by Gasteiger charge is -2.28. The van der Waals surface area contributed by atoms with Gasteiger partial charge in [0, 0.05) is 37.8 Å². The first-order chi connectivity index (χ1) is 10.3. The number of carbonyl (C=O) groups excluding carboxylic acids is 1. The summed E-state index contributed by atoms with van der Waals surface area (Å²) in [6.07, 6.45) is 4.73. The van der Waals surface area contributed by atoms with E-state index in [1.165, 1.54) is 11.8 Å². The van der Waals surface area contributed by atoms with Gasteiger partial charge in [-0.1, -0.05) is 32.5 Å². The maximum absolute atomic E-state index is 12.5. The first-order valence-electron chi connectivity index (χ1n) is 7.44. The topological polar surface area (TPSA) is 49.3 Å². The Morgan fingerprint density at radius 3 is 2.64 bits per heavy atom. The fourth-order valence-corrected chi connectivity index (χ4v) is 3.25. The number of hydrogen-bond donors (Lipinski definition) is 0. The van der Waals surface area contributed by atoms with Gasteiger partial charge < -0.3 is 9.80 Å². The second-order valence-corrected chi connectivity index (χ2v) is 8.04. The molecule has 0 bridgehead atoms. The normalized spacial score (nSPS) is 16.6. The third kappa shape index (κ3) is 4.13. The van der Waals surface area contributed by atoms with Crippen LogP contribution in [-0.4, -0.2) is 53.2 Å². The Morgan fingerprint density at radius 1 is 1.27 bits per heavy atom. The first-order valence-corrected chi connectivity index (χ1v) is 9.45. The highest BCUT2D eigenvalue weighted by Gasteiger charge is 2.29. The average molecular weight is 387 g/mol. The molecule has 1 aromatic rings. The summed E-state index contributed by atoms with van der Waals surface area (Å²) in [4.78, 5) is 25.5. The molecular formula is C15H23BrN4OS. The van der Waals surface area contributed by atoms with E-state index in [0.717, 1.165) is 48.0 Å². The third-order valence-corrected chi connectivity index (χ3v) is 4.73. The predicted molar refractivity (Wildman–Crippen MR) is 94.4 cm³/mol. The molecule has 2 heterocycles. The van der Waals surface area contributed by atoms with Crippen LogP contribution in [0.4, 0.5) is 5.82 Å². The average Bonchev–Trinajstić information content (AvgIpc) is 2.72. The van der Waals surface area contributed by atoms with E-state index in [-0.39, 0.29) is 11.3 Å². The number of rotatable bonds is 2. The summed E-state index contributed by atoms with van der Waals surface area (Å²) in [7, 11) is 0. The molecule has 1 aliphatic heterocycles. The Balaban J connectivity index is 2.12. The van der Waals surface area contributed by atoms with Crippen LogP contribution >= 0.6 is 27.7 Å². The van der Waals surface area contributed by atoms with Crippen molar-refractivity contribution in [2.75, 3.05) is 37.3 Å². The van der Waals surface area contributed by atoms with Crippen LogP contribution in [-0.2, 0) is 4.79 Å². The Bertz CT molecular complexity index is 547. The molecule has 1 aliphatic rings. The molecule has 0 spiro atoms. The number of hydrogen-bond acceptors (Lipinski definition) is 5. The predicted octanol–water partition coefficient (Wildman–Crippen LogP) is 3.05. The molecule has 0 aromatic carbocycles. The van der Waals surface area contributed by atoms with E-state index < -0.39 is 0 Å². The number of thioether (sulfide) groups is 1. The van der Waals surface area contributed by atoms with E-state index in [4.69, 9.17) is 0 Å². The number of aromatic nitrogens is 2. The zero-order valence-electron chi connectivity index (χ0n) is 13.6. The van der Waals surface area contributed by atoms with Gasteiger partial charge in [-0.15, -0.1) is 0 Å². The Hall–Kier alpha value is -0.820. The smallest absolute Gasteiger partial charge is 0.228 e. The molecule has 7 heteroatoms. The maximum Gasteiger partial charge on any atom is 0.228 e. The molecule has 0 saturated carbocycles. The van der Waals surface area contributed by atoms with Crippen LogP contribution in [0, 0.1) is 5.41 Å². The summed E-state index contributed by atoms with van der Waals surface area (Å²) in [5, 5.41) is 0.769. The molecule has 1 amide bonds. The number of amides is 1. The maximum atomic E-state index is 12.5. The standard InChI is InChI=1S/C15H23BrN4OS/c1-15(2,3)13(21)20-7-5-6-19(8-9-20)12-11(16)10-17-14(18-12)22-4/h10H,5-9H2,1-4H3. The van der Waals surface area contributed by atoms with Crippen LogP contribution in [0.5, 0.6) is 0 Å². The van der Waals surface area contributed by atoms with Crippen molar-refractivity contribution in [2.45, 2.75) is 32.3 Å². The van der Waals surface area contributed by atoms with Crippen molar-refractivity contribution in [1.29, 1.82) is 0 Å². The fourth-order valence-electron chi connectivity index (χ4n) is 2.47. The summed E-state index contributed by atoms with van der Waals surface area (Å²) in [5.41, 5.74) is -0.323. The van der Waals surface area contributed by atoms with Crippen molar-refractivity contribution < 1.29 is 4.79 Å². The molecule has 0 radical (unpaired) electrons. The minimum absolute atomic E-state index is 0.223. The molecule has 122 valence electrons. The van der Waals surface area contributed by atoms with Crippen LogP contribution in [0.25, 0.3) is 0 Å². The number of anilines is 1. The third-order valence-electron chi connectivity index (χ3n) is 3.61. The largest absolute Gasteiger partial charge is 0.354 e. The zero-order valence-corrected chi connectivity index (χ0v) is 16.0. The van der Waals surface area contributed by atoms with Crippen LogP contribution in [0.3, 0.4) is 0 Å². The summed E-state index contributed by atoms with van der Waals surface area (Å²) in [6.45, 7) is 9.17. The highest BCUT2D eigenvalue weighted by Crippen LogP contribution is 2.27. The van der Waals surface area contributed by atoms with E-state index in [2.05, 4.69) is 30.8 Å². The monoisotopic (exact) mass is 386 g/mol. The summed E-state index contributed by atoms with van der Waals surface area (Å²) >= 11 is 5.08. The van der Waals surface area contributed by atoms with Gasteiger partial charge in [-0.25, -0.2) is 9.97 Å². The van der Waals surface area contributed by atoms with Crippen LogP contribution in [0.2, 0.25) is 0 Å². The van der Waals surface area contributed by atoms with Gasteiger partial charge in [0.15, 0.2) is 5.16 Å². The van der Waals surface area contributed by atoms with Crippen molar-refractivity contribution in [2.24, 2.45) is 5.41 Å². The second-order valence-electron chi connectivity index (χ2n) is 6.41. The quantitative estimate of drug-likeness (QED) is 0.577. The fraction of sp³-hybridized carbons (Fsp3) is 0.667. The minimum atomic E-state index is -0.323. The van der Waals surface area contributed by atoms with Crippen molar-refractivity contribution in [3.05, 3.63) is 10.7 Å². The number of halogens is 1. The molecule has 5 nitrogen and oxygen atoms in total. The van der Waals surface area contributed by atoms with Gasteiger partial charge in [0.05, 0.1) is 4.47 Å². The lowest BCUT2D eigenvalue weighted by Crippen LogP contribution is -2.41. The van der Waals surface area contributed by atoms with E-state index in [1.807, 2.05) is 31.9 Å². The van der Waals surface area contributed by atoms with Gasteiger partial charge in [-0.2, -0.15) is 0 Å². The molecule has 0 unspecified atom stereocenters. The lowest BCUT2D eigenvalue weighted by atomic mass is 9.94. The number of nitrogens with zero attached hydrogens (tertiary/aromatic N) is 4. The second kappa shape index (κ2) is 7.17. The van der Waals surface area contributed by atoms with Gasteiger partial charge in [0.2, 0.25) is 5.91 Å². The highest BCUT2D eigenvalue weighted by atomic mass is 79.9. The van der Waals surface area contributed by atoms with E-state index >= 15 is 0 Å². The van der Waals surface area contributed by atoms with Gasteiger partial charge in [-0.3, -0.25) is 4.79 Å². The molecule has 0 aliphatic carbocycles. The minimum Gasteiger partial charge on any atom is -0.354 e. The molecular weight excluding hydrogens is 364 g/mol. The van der Waals surface area contributed by atoms with Gasteiger partial charge in [0.1, 0.15) is 5.82 Å². The van der Waals surface area contributed by atoms with Crippen LogP contribution in [0.1, 0.15) is 27.2 Å². The summed E-state index contributed by atoms with van der Waals surface area (Å²) in [5.74, 6) is 1.14. The van der Waals surface area contributed by atoms with Gasteiger partial charge in [-0.05, 0) is 28.6 Å². The van der Waals surface area contributed by atoms with Crippen molar-refractivity contribution in [3.63, 3.8) is 0 Å². The molecule has 0 N–H and O–H groups in total. The SMILES string of the molecule is CSc1ncc(Br)c(N2CCCN(C(=O)C(C)(C)C)CC2)n1. The molecule has 0 atom stereocenters. The van der Waals surface area contributed by atoms with E-state index in [0.29, 0.717) is 0 Å². The van der Waals surface area contributed by atoms with Crippen LogP contribution < -0.4 is 4.90 Å². The molecule has 1 saturated heterocycles. The molecule has 22 heavy (non-hydrogen) atoms. The molecule has 2 rings (SSSR count). The van der Waals surface area contributed by atoms with Crippen LogP contribution in [0.15, 0.2) is 15.8 Å². The number of carbonyl (C=O) groups is 1. The molecule has 1 fully saturated rings. The summed E-state index contributed by atoms with van der Waals surface area (Å²) in [6, 6.07) is 0. The Labute approximate surface area is 145 Å².